The van der Waals surface area contributed by atoms with Crippen LogP contribution in [0.2, 0.25) is 0 Å². The quantitative estimate of drug-likeness (QED) is 0.818. The molecule has 1 aliphatic heterocycles. The molecule has 0 aliphatic carbocycles. The highest BCUT2D eigenvalue weighted by atomic mass is 32.2. The summed E-state index contributed by atoms with van der Waals surface area (Å²) in [5.74, 6) is -3.06. The van der Waals surface area contributed by atoms with E-state index in [1.165, 1.54) is 31.4 Å². The Morgan fingerprint density at radius 3 is 2.69 bits per heavy atom. The summed E-state index contributed by atoms with van der Waals surface area (Å²) >= 11 is 0.703. The van der Waals surface area contributed by atoms with Crippen molar-refractivity contribution in [3.8, 4) is 11.5 Å². The van der Waals surface area contributed by atoms with Gasteiger partial charge >= 0.3 is 0 Å². The van der Waals surface area contributed by atoms with Crippen LogP contribution in [0.15, 0.2) is 41.3 Å². The van der Waals surface area contributed by atoms with Gasteiger partial charge in [-0.3, -0.25) is 14.5 Å². The van der Waals surface area contributed by atoms with Crippen LogP contribution in [0.3, 0.4) is 0 Å². The lowest BCUT2D eigenvalue weighted by molar-refractivity contribution is -0.123. The van der Waals surface area contributed by atoms with Gasteiger partial charge in [-0.15, -0.1) is 0 Å². The molecular weight excluding hydrogens is 364 g/mol. The molecule has 1 N–H and O–H groups in total. The van der Waals surface area contributed by atoms with Gasteiger partial charge in [-0.05, 0) is 53.2 Å². The van der Waals surface area contributed by atoms with Crippen LogP contribution in [0.5, 0.6) is 11.5 Å². The lowest BCUT2D eigenvalue weighted by Crippen LogP contribution is -2.27. The van der Waals surface area contributed by atoms with Gasteiger partial charge in [0.25, 0.3) is 11.1 Å². The van der Waals surface area contributed by atoms with E-state index in [-0.39, 0.29) is 28.5 Å². The van der Waals surface area contributed by atoms with Gasteiger partial charge in [0, 0.05) is 0 Å². The largest absolute Gasteiger partial charge is 0.508 e. The molecule has 2 amide bonds. The molecule has 1 saturated heterocycles. The SMILES string of the molecule is COc1cc(C=C2SC(=O)N(Cc3cccc(O)c3)C2=O)cc(F)c1F. The van der Waals surface area contributed by atoms with E-state index in [0.29, 0.717) is 17.3 Å². The Morgan fingerprint density at radius 1 is 1.23 bits per heavy atom. The predicted octanol–water partition coefficient (Wildman–Crippen LogP) is 3.92. The number of rotatable bonds is 4. The summed E-state index contributed by atoms with van der Waals surface area (Å²) in [6.07, 6.45) is 1.30. The number of methoxy groups -OCH3 is 1. The molecule has 0 bridgehead atoms. The number of amides is 2. The average molecular weight is 377 g/mol. The van der Waals surface area contributed by atoms with Crippen molar-refractivity contribution < 1.29 is 28.2 Å². The summed E-state index contributed by atoms with van der Waals surface area (Å²) in [7, 11) is 1.20. The minimum Gasteiger partial charge on any atom is -0.508 e. The summed E-state index contributed by atoms with van der Waals surface area (Å²) in [5.41, 5.74) is 0.784. The Hall–Kier alpha value is -2.87. The van der Waals surface area contributed by atoms with Crippen LogP contribution < -0.4 is 4.74 Å². The Labute approximate surface area is 151 Å². The number of nitrogens with zero attached hydrogens (tertiary/aromatic N) is 1. The molecule has 0 aromatic heterocycles. The molecule has 1 heterocycles. The molecule has 2 aromatic rings. The minimum atomic E-state index is -1.12. The Balaban J connectivity index is 1.87. The summed E-state index contributed by atoms with van der Waals surface area (Å²) in [5, 5.41) is 8.99. The molecule has 134 valence electrons. The first-order valence-electron chi connectivity index (χ1n) is 7.45. The van der Waals surface area contributed by atoms with Gasteiger partial charge in [-0.25, -0.2) is 4.39 Å². The van der Waals surface area contributed by atoms with Crippen molar-refractivity contribution in [1.29, 1.82) is 0 Å². The molecule has 0 radical (unpaired) electrons. The molecule has 0 spiro atoms. The first kappa shape index (κ1) is 17.9. The zero-order valence-corrected chi connectivity index (χ0v) is 14.3. The normalized spacial score (nSPS) is 15.8. The molecule has 5 nitrogen and oxygen atoms in total. The third-order valence-electron chi connectivity index (χ3n) is 3.66. The Kier molecular flexibility index (Phi) is 4.94. The summed E-state index contributed by atoms with van der Waals surface area (Å²) < 4.78 is 31.8. The molecule has 1 aliphatic rings. The molecule has 0 saturated carbocycles. The number of benzene rings is 2. The highest BCUT2D eigenvalue weighted by molar-refractivity contribution is 8.18. The number of halogens is 2. The van der Waals surface area contributed by atoms with Gasteiger partial charge < -0.3 is 9.84 Å². The van der Waals surface area contributed by atoms with Crippen LogP contribution in [0, 0.1) is 11.6 Å². The zero-order valence-electron chi connectivity index (χ0n) is 13.5. The van der Waals surface area contributed by atoms with Crippen LogP contribution in [-0.4, -0.2) is 28.3 Å². The molecule has 0 unspecified atom stereocenters. The smallest absolute Gasteiger partial charge is 0.293 e. The molecule has 1 fully saturated rings. The monoisotopic (exact) mass is 377 g/mol. The van der Waals surface area contributed by atoms with E-state index < -0.39 is 22.8 Å². The molecule has 2 aromatic carbocycles. The standard InChI is InChI=1S/C18H13F2NO4S/c1-25-14-7-11(6-13(19)16(14)20)8-15-17(23)21(18(24)26-15)9-10-3-2-4-12(22)5-10/h2-8,22H,9H2,1H3. The van der Waals surface area contributed by atoms with Gasteiger partial charge in [0.2, 0.25) is 5.82 Å². The first-order chi connectivity index (χ1) is 12.4. The Bertz CT molecular complexity index is 929. The predicted molar refractivity (Wildman–Crippen MR) is 92.5 cm³/mol. The lowest BCUT2D eigenvalue weighted by Gasteiger charge is -2.12. The van der Waals surface area contributed by atoms with Crippen LogP contribution in [0.4, 0.5) is 13.6 Å². The number of aromatic hydroxyl groups is 1. The summed E-state index contributed by atoms with van der Waals surface area (Å²) in [6, 6.07) is 8.36. The topological polar surface area (TPSA) is 66.8 Å². The fourth-order valence-corrected chi connectivity index (χ4v) is 3.28. The molecular formula is C18H13F2NO4S. The number of phenols is 1. The van der Waals surface area contributed by atoms with Crippen LogP contribution in [0.1, 0.15) is 11.1 Å². The highest BCUT2D eigenvalue weighted by Crippen LogP contribution is 2.34. The van der Waals surface area contributed by atoms with E-state index in [9.17, 15) is 23.5 Å². The molecule has 26 heavy (non-hydrogen) atoms. The number of hydrogen-bond donors (Lipinski definition) is 1. The second-order valence-electron chi connectivity index (χ2n) is 5.46. The maximum absolute atomic E-state index is 13.6. The highest BCUT2D eigenvalue weighted by Gasteiger charge is 2.35. The van der Waals surface area contributed by atoms with Gasteiger partial charge in [-0.2, -0.15) is 4.39 Å². The molecule has 8 heteroatoms. The first-order valence-corrected chi connectivity index (χ1v) is 8.27. The number of carbonyl (C=O) groups is 2. The van der Waals surface area contributed by atoms with Crippen molar-refractivity contribution in [2.24, 2.45) is 0 Å². The minimum absolute atomic E-state index is 0.00247. The van der Waals surface area contributed by atoms with Crippen LogP contribution in [-0.2, 0) is 11.3 Å². The average Bonchev–Trinajstić information content (AvgIpc) is 2.85. The lowest BCUT2D eigenvalue weighted by atomic mass is 10.1. The van der Waals surface area contributed by atoms with Crippen molar-refractivity contribution >= 4 is 29.0 Å². The molecule has 0 atom stereocenters. The fourth-order valence-electron chi connectivity index (χ4n) is 2.44. The van der Waals surface area contributed by atoms with E-state index in [0.717, 1.165) is 11.0 Å². The van der Waals surface area contributed by atoms with Crippen molar-refractivity contribution in [3.63, 3.8) is 0 Å². The van der Waals surface area contributed by atoms with Gasteiger partial charge in [0.05, 0.1) is 18.6 Å². The summed E-state index contributed by atoms with van der Waals surface area (Å²) in [4.78, 5) is 25.7. The third kappa shape index (κ3) is 3.55. The number of hydrogen-bond acceptors (Lipinski definition) is 5. The fraction of sp³-hybridized carbons (Fsp3) is 0.111. The van der Waals surface area contributed by atoms with Gasteiger partial charge in [-0.1, -0.05) is 12.1 Å². The van der Waals surface area contributed by atoms with Crippen LogP contribution >= 0.6 is 11.8 Å². The Morgan fingerprint density at radius 2 is 2.00 bits per heavy atom. The van der Waals surface area contributed by atoms with Gasteiger partial charge in [0.15, 0.2) is 11.6 Å². The van der Waals surface area contributed by atoms with Crippen molar-refractivity contribution in [1.82, 2.24) is 4.90 Å². The van der Waals surface area contributed by atoms with Crippen molar-refractivity contribution in [2.75, 3.05) is 7.11 Å². The van der Waals surface area contributed by atoms with Gasteiger partial charge in [0.1, 0.15) is 5.75 Å². The number of thioether (sulfide) groups is 1. The third-order valence-corrected chi connectivity index (χ3v) is 4.57. The number of imide groups is 1. The van der Waals surface area contributed by atoms with E-state index in [2.05, 4.69) is 0 Å². The molecule has 3 rings (SSSR count). The van der Waals surface area contributed by atoms with Crippen molar-refractivity contribution in [2.45, 2.75) is 6.54 Å². The number of phenolic OH excluding ortho intramolecular Hbond substituents is 1. The van der Waals surface area contributed by atoms with E-state index >= 15 is 0 Å². The summed E-state index contributed by atoms with van der Waals surface area (Å²) in [6.45, 7) is -0.00247. The van der Waals surface area contributed by atoms with Crippen LogP contribution in [0.25, 0.3) is 6.08 Å². The number of carbonyl (C=O) groups excluding carboxylic acids is 2. The van der Waals surface area contributed by atoms with Crippen molar-refractivity contribution in [3.05, 3.63) is 64.1 Å². The second kappa shape index (κ2) is 7.17. The van der Waals surface area contributed by atoms with E-state index in [1.54, 1.807) is 12.1 Å². The maximum Gasteiger partial charge on any atom is 0.293 e. The zero-order chi connectivity index (χ0) is 18.8. The second-order valence-corrected chi connectivity index (χ2v) is 6.45. The van der Waals surface area contributed by atoms with E-state index in [4.69, 9.17) is 4.74 Å². The van der Waals surface area contributed by atoms with E-state index in [1.807, 2.05) is 0 Å². The maximum atomic E-state index is 13.6. The number of ether oxygens (including phenoxy) is 1.